The molecule has 5 nitrogen and oxygen atoms in total. The van der Waals surface area contributed by atoms with Crippen LogP contribution in [0.15, 0.2) is 0 Å². The van der Waals surface area contributed by atoms with Gasteiger partial charge < -0.3 is 24.6 Å². The first-order valence-electron chi connectivity index (χ1n) is 8.29. The summed E-state index contributed by atoms with van der Waals surface area (Å²) >= 11 is 0. The quantitative estimate of drug-likeness (QED) is 0.536. The molecule has 0 spiro atoms. The molecule has 1 aliphatic carbocycles. The van der Waals surface area contributed by atoms with Crippen LogP contribution in [0.25, 0.3) is 0 Å². The number of hydrogen-bond donors (Lipinski definition) is 2. The first-order chi connectivity index (χ1) is 10.2. The summed E-state index contributed by atoms with van der Waals surface area (Å²) in [4.78, 5) is 0. The van der Waals surface area contributed by atoms with Gasteiger partial charge in [-0.15, -0.1) is 0 Å². The molecule has 2 N–H and O–H groups in total. The summed E-state index contributed by atoms with van der Waals surface area (Å²) in [5, 5.41) is 13.1. The lowest BCUT2D eigenvalue weighted by atomic mass is 9.89. The molecule has 1 saturated carbocycles. The maximum atomic E-state index is 9.88. The minimum atomic E-state index is -0.420. The highest BCUT2D eigenvalue weighted by Gasteiger charge is 2.20. The van der Waals surface area contributed by atoms with E-state index in [0.717, 1.165) is 38.3 Å². The Morgan fingerprint density at radius 1 is 1.24 bits per heavy atom. The van der Waals surface area contributed by atoms with E-state index in [9.17, 15) is 5.11 Å². The van der Waals surface area contributed by atoms with Crippen molar-refractivity contribution >= 4 is 0 Å². The van der Waals surface area contributed by atoms with E-state index in [1.165, 1.54) is 12.8 Å². The summed E-state index contributed by atoms with van der Waals surface area (Å²) in [5.41, 5.74) is 0. The Balaban J connectivity index is 1.88. The SMILES string of the molecule is COCCOCCCNCC(O)COC1CCCC(C)C1. The zero-order chi connectivity index (χ0) is 15.3. The lowest BCUT2D eigenvalue weighted by Crippen LogP contribution is -2.33. The normalized spacial score (nSPS) is 24.1. The van der Waals surface area contributed by atoms with Crippen LogP contribution in [0.3, 0.4) is 0 Å². The van der Waals surface area contributed by atoms with E-state index in [2.05, 4.69) is 12.2 Å². The molecule has 1 rings (SSSR count). The fourth-order valence-corrected chi connectivity index (χ4v) is 2.65. The number of aliphatic hydroxyl groups excluding tert-OH is 1. The zero-order valence-corrected chi connectivity index (χ0v) is 13.7. The van der Waals surface area contributed by atoms with Crippen LogP contribution in [-0.2, 0) is 14.2 Å². The molecule has 0 aromatic carbocycles. The number of ether oxygens (including phenoxy) is 3. The minimum absolute atomic E-state index is 0.345. The molecule has 1 aliphatic rings. The second-order valence-electron chi connectivity index (χ2n) is 6.04. The molecule has 21 heavy (non-hydrogen) atoms. The second-order valence-corrected chi connectivity index (χ2v) is 6.04. The zero-order valence-electron chi connectivity index (χ0n) is 13.7. The molecule has 3 unspecified atom stereocenters. The molecule has 5 heteroatoms. The third-order valence-electron chi connectivity index (χ3n) is 3.87. The average Bonchev–Trinajstić information content (AvgIpc) is 2.48. The van der Waals surface area contributed by atoms with Crippen LogP contribution in [-0.4, -0.2) is 63.9 Å². The van der Waals surface area contributed by atoms with Crippen molar-refractivity contribution in [3.05, 3.63) is 0 Å². The third kappa shape index (κ3) is 10.2. The molecular weight excluding hydrogens is 270 g/mol. The van der Waals surface area contributed by atoms with Crippen molar-refractivity contribution < 1.29 is 19.3 Å². The van der Waals surface area contributed by atoms with E-state index >= 15 is 0 Å². The van der Waals surface area contributed by atoms with Gasteiger partial charge in [0.1, 0.15) is 0 Å². The Hall–Kier alpha value is -0.200. The summed E-state index contributed by atoms with van der Waals surface area (Å²) in [6, 6.07) is 0. The van der Waals surface area contributed by atoms with Gasteiger partial charge in [0.25, 0.3) is 0 Å². The summed E-state index contributed by atoms with van der Waals surface area (Å²) in [7, 11) is 1.67. The van der Waals surface area contributed by atoms with Crippen molar-refractivity contribution in [3.63, 3.8) is 0 Å². The number of methoxy groups -OCH3 is 1. The first-order valence-corrected chi connectivity index (χ1v) is 8.29. The first kappa shape index (κ1) is 18.8. The molecule has 0 aromatic heterocycles. The highest BCUT2D eigenvalue weighted by molar-refractivity contribution is 4.71. The van der Waals surface area contributed by atoms with Crippen LogP contribution in [0.5, 0.6) is 0 Å². The van der Waals surface area contributed by atoms with Crippen molar-refractivity contribution in [2.24, 2.45) is 5.92 Å². The lowest BCUT2D eigenvalue weighted by Gasteiger charge is -2.27. The van der Waals surface area contributed by atoms with Gasteiger partial charge in [0, 0.05) is 20.3 Å². The molecule has 3 atom stereocenters. The number of hydrogen-bond acceptors (Lipinski definition) is 5. The third-order valence-corrected chi connectivity index (χ3v) is 3.87. The van der Waals surface area contributed by atoms with Crippen LogP contribution in [0.2, 0.25) is 0 Å². The van der Waals surface area contributed by atoms with Gasteiger partial charge in [-0.3, -0.25) is 0 Å². The van der Waals surface area contributed by atoms with E-state index in [-0.39, 0.29) is 0 Å². The minimum Gasteiger partial charge on any atom is -0.389 e. The Labute approximate surface area is 129 Å². The molecule has 1 fully saturated rings. The van der Waals surface area contributed by atoms with Gasteiger partial charge >= 0.3 is 0 Å². The highest BCUT2D eigenvalue weighted by Crippen LogP contribution is 2.25. The van der Waals surface area contributed by atoms with Gasteiger partial charge in [-0.05, 0) is 31.7 Å². The molecule has 0 amide bonds. The van der Waals surface area contributed by atoms with Crippen molar-refractivity contribution in [2.75, 3.05) is 46.6 Å². The van der Waals surface area contributed by atoms with Gasteiger partial charge in [0.2, 0.25) is 0 Å². The maximum absolute atomic E-state index is 9.88. The molecule has 0 aliphatic heterocycles. The summed E-state index contributed by atoms with van der Waals surface area (Å²) in [5.74, 6) is 0.761. The van der Waals surface area contributed by atoms with Gasteiger partial charge in [-0.1, -0.05) is 19.8 Å². The molecule has 0 bridgehead atoms. The van der Waals surface area contributed by atoms with Crippen LogP contribution < -0.4 is 5.32 Å². The predicted octanol–water partition coefficient (Wildman–Crippen LogP) is 1.59. The number of nitrogens with one attached hydrogen (secondary N) is 1. The van der Waals surface area contributed by atoms with Crippen LogP contribution in [0.4, 0.5) is 0 Å². The Bertz CT molecular complexity index is 240. The van der Waals surface area contributed by atoms with Gasteiger partial charge in [0.05, 0.1) is 32.0 Å². The number of rotatable bonds is 12. The Morgan fingerprint density at radius 3 is 2.86 bits per heavy atom. The standard InChI is InChI=1S/C16H33NO4/c1-14-5-3-6-16(11-14)21-13-15(18)12-17-7-4-8-20-10-9-19-2/h14-18H,3-13H2,1-2H3. The fraction of sp³-hybridized carbons (Fsp3) is 1.00. The van der Waals surface area contributed by atoms with E-state index in [1.807, 2.05) is 0 Å². The summed E-state index contributed by atoms with van der Waals surface area (Å²) < 4.78 is 16.1. The molecule has 0 radical (unpaired) electrons. The number of aliphatic hydroxyl groups is 1. The van der Waals surface area contributed by atoms with Crippen molar-refractivity contribution in [1.29, 1.82) is 0 Å². The second kappa shape index (κ2) is 12.4. The van der Waals surface area contributed by atoms with Crippen molar-refractivity contribution in [1.82, 2.24) is 5.32 Å². The Morgan fingerprint density at radius 2 is 2.10 bits per heavy atom. The monoisotopic (exact) mass is 303 g/mol. The lowest BCUT2D eigenvalue weighted by molar-refractivity contribution is -0.0306. The topological polar surface area (TPSA) is 60.0 Å². The van der Waals surface area contributed by atoms with Crippen molar-refractivity contribution in [3.8, 4) is 0 Å². The maximum Gasteiger partial charge on any atom is 0.0897 e. The fourth-order valence-electron chi connectivity index (χ4n) is 2.65. The summed E-state index contributed by atoms with van der Waals surface area (Å²) in [6.45, 7) is 6.17. The Kier molecular flexibility index (Phi) is 11.1. The van der Waals surface area contributed by atoms with E-state index in [4.69, 9.17) is 14.2 Å². The van der Waals surface area contributed by atoms with Gasteiger partial charge in [0.15, 0.2) is 0 Å². The van der Waals surface area contributed by atoms with E-state index in [0.29, 0.717) is 32.5 Å². The van der Waals surface area contributed by atoms with E-state index < -0.39 is 6.10 Å². The average molecular weight is 303 g/mol. The van der Waals surface area contributed by atoms with Crippen molar-refractivity contribution in [2.45, 2.75) is 51.2 Å². The smallest absolute Gasteiger partial charge is 0.0897 e. The largest absolute Gasteiger partial charge is 0.389 e. The van der Waals surface area contributed by atoms with Gasteiger partial charge in [-0.25, -0.2) is 0 Å². The molecular formula is C16H33NO4. The molecule has 0 heterocycles. The molecule has 0 saturated heterocycles. The molecule has 126 valence electrons. The van der Waals surface area contributed by atoms with E-state index in [1.54, 1.807) is 7.11 Å². The highest BCUT2D eigenvalue weighted by atomic mass is 16.5. The van der Waals surface area contributed by atoms with Crippen LogP contribution >= 0.6 is 0 Å². The van der Waals surface area contributed by atoms with Gasteiger partial charge in [-0.2, -0.15) is 0 Å². The molecule has 0 aromatic rings. The van der Waals surface area contributed by atoms with Crippen LogP contribution in [0.1, 0.15) is 39.0 Å². The van der Waals surface area contributed by atoms with Crippen LogP contribution in [0, 0.1) is 5.92 Å². The summed E-state index contributed by atoms with van der Waals surface area (Å²) in [6.07, 6.45) is 5.72. The predicted molar refractivity (Wildman–Crippen MR) is 83.6 cm³/mol.